The van der Waals surface area contributed by atoms with Crippen molar-refractivity contribution in [2.75, 3.05) is 5.32 Å². The predicted octanol–water partition coefficient (Wildman–Crippen LogP) is 3.96. The van der Waals surface area contributed by atoms with Crippen molar-refractivity contribution < 1.29 is 14.4 Å². The molecule has 29 heavy (non-hydrogen) atoms. The van der Waals surface area contributed by atoms with Crippen LogP contribution in [-0.2, 0) is 26.2 Å². The van der Waals surface area contributed by atoms with Gasteiger partial charge in [0, 0.05) is 18.5 Å². The number of rotatable bonds is 6. The van der Waals surface area contributed by atoms with Gasteiger partial charge in [-0.15, -0.1) is 0 Å². The molecule has 1 fully saturated rings. The number of hydrogen-bond donors (Lipinski definition) is 2. The van der Waals surface area contributed by atoms with E-state index < -0.39 is 5.41 Å². The largest absolute Gasteiger partial charge is 0.326 e. The van der Waals surface area contributed by atoms with Crippen molar-refractivity contribution in [2.45, 2.75) is 58.3 Å². The highest BCUT2D eigenvalue weighted by Gasteiger charge is 2.42. The van der Waals surface area contributed by atoms with E-state index in [0.29, 0.717) is 37.8 Å². The average molecular weight is 392 g/mol. The first kappa shape index (κ1) is 20.8. The highest BCUT2D eigenvalue weighted by atomic mass is 16.2. The molecule has 0 spiro atoms. The maximum atomic E-state index is 12.5. The minimum Gasteiger partial charge on any atom is -0.326 e. The summed E-state index contributed by atoms with van der Waals surface area (Å²) in [5.74, 6) is -0.489. The second-order valence-corrected chi connectivity index (χ2v) is 7.87. The molecule has 1 aliphatic rings. The fourth-order valence-electron chi connectivity index (χ4n) is 4.04. The smallest absolute Gasteiger partial charge is 0.237 e. The number of piperidine rings is 1. The van der Waals surface area contributed by atoms with Crippen LogP contribution in [-0.4, -0.2) is 17.7 Å². The Morgan fingerprint density at radius 1 is 1.10 bits per heavy atom. The van der Waals surface area contributed by atoms with E-state index in [-0.39, 0.29) is 17.7 Å². The maximum Gasteiger partial charge on any atom is 0.237 e. The van der Waals surface area contributed by atoms with Crippen molar-refractivity contribution in [1.29, 1.82) is 0 Å². The van der Waals surface area contributed by atoms with Gasteiger partial charge >= 0.3 is 0 Å². The molecule has 2 N–H and O–H groups in total. The Kier molecular flexibility index (Phi) is 6.16. The van der Waals surface area contributed by atoms with Crippen molar-refractivity contribution >= 4 is 23.4 Å². The lowest BCUT2D eigenvalue weighted by Crippen LogP contribution is -2.51. The Hall–Kier alpha value is -2.95. The number of benzene rings is 2. The van der Waals surface area contributed by atoms with Gasteiger partial charge in [-0.1, -0.05) is 42.8 Å². The average Bonchev–Trinajstić information content (AvgIpc) is 2.69. The summed E-state index contributed by atoms with van der Waals surface area (Å²) in [6.07, 6.45) is 2.58. The summed E-state index contributed by atoms with van der Waals surface area (Å²) >= 11 is 0. The van der Waals surface area contributed by atoms with Crippen molar-refractivity contribution in [3.63, 3.8) is 0 Å². The molecular formula is C24H28N2O3. The Morgan fingerprint density at radius 2 is 1.83 bits per heavy atom. The SMILES string of the molecule is CCC1(c2ccc(NC(=O)CCc3ccc(C)cc3C)cc2)CCC(=O)NC1=O. The first-order chi connectivity index (χ1) is 13.8. The molecule has 1 heterocycles. The van der Waals surface area contributed by atoms with Gasteiger partial charge in [-0.05, 0) is 61.9 Å². The van der Waals surface area contributed by atoms with Crippen LogP contribution in [0.2, 0.25) is 0 Å². The zero-order chi connectivity index (χ0) is 21.0. The maximum absolute atomic E-state index is 12.5. The standard InChI is InChI=1S/C24H28N2O3/c1-4-24(14-13-22(28)26-23(24)29)19-8-10-20(11-9-19)25-21(27)12-7-18-6-5-16(2)15-17(18)3/h5-6,8-11,15H,4,7,12-14H2,1-3H3,(H,25,27)(H,26,28,29). The highest BCUT2D eigenvalue weighted by Crippen LogP contribution is 2.36. The molecule has 1 unspecified atom stereocenters. The summed E-state index contributed by atoms with van der Waals surface area (Å²) in [5, 5.41) is 5.39. The van der Waals surface area contributed by atoms with E-state index in [2.05, 4.69) is 42.7 Å². The molecule has 3 rings (SSSR count). The third kappa shape index (κ3) is 4.56. The summed E-state index contributed by atoms with van der Waals surface area (Å²) in [4.78, 5) is 36.3. The Bertz CT molecular complexity index is 934. The zero-order valence-electron chi connectivity index (χ0n) is 17.3. The van der Waals surface area contributed by atoms with E-state index in [9.17, 15) is 14.4 Å². The van der Waals surface area contributed by atoms with Gasteiger partial charge in [0.05, 0.1) is 5.41 Å². The van der Waals surface area contributed by atoms with Crippen molar-refractivity contribution in [3.8, 4) is 0 Å². The molecule has 3 amide bonds. The van der Waals surface area contributed by atoms with Crippen LogP contribution in [0.25, 0.3) is 0 Å². The van der Waals surface area contributed by atoms with E-state index in [4.69, 9.17) is 0 Å². The summed E-state index contributed by atoms with van der Waals surface area (Å²) in [7, 11) is 0. The van der Waals surface area contributed by atoms with Gasteiger partial charge < -0.3 is 5.32 Å². The van der Waals surface area contributed by atoms with Crippen LogP contribution < -0.4 is 10.6 Å². The summed E-state index contributed by atoms with van der Waals surface area (Å²) < 4.78 is 0. The molecule has 1 aliphatic heterocycles. The Labute approximate surface area is 171 Å². The molecule has 1 atom stereocenters. The molecule has 1 saturated heterocycles. The number of anilines is 1. The van der Waals surface area contributed by atoms with Gasteiger partial charge in [-0.25, -0.2) is 0 Å². The van der Waals surface area contributed by atoms with E-state index >= 15 is 0 Å². The number of amides is 3. The molecule has 152 valence electrons. The topological polar surface area (TPSA) is 75.3 Å². The lowest BCUT2D eigenvalue weighted by Gasteiger charge is -2.35. The number of aryl methyl sites for hydroxylation is 3. The normalized spacial score (nSPS) is 19.0. The number of imide groups is 1. The first-order valence-electron chi connectivity index (χ1n) is 10.1. The van der Waals surface area contributed by atoms with E-state index in [1.807, 2.05) is 31.2 Å². The quantitative estimate of drug-likeness (QED) is 0.731. The predicted molar refractivity (Wildman–Crippen MR) is 114 cm³/mol. The fourth-order valence-corrected chi connectivity index (χ4v) is 4.04. The number of nitrogens with one attached hydrogen (secondary N) is 2. The van der Waals surface area contributed by atoms with Crippen LogP contribution in [0.5, 0.6) is 0 Å². The monoisotopic (exact) mass is 392 g/mol. The first-order valence-corrected chi connectivity index (χ1v) is 10.1. The van der Waals surface area contributed by atoms with Crippen LogP contribution in [0.4, 0.5) is 5.69 Å². The second kappa shape index (κ2) is 8.60. The van der Waals surface area contributed by atoms with Crippen molar-refractivity contribution in [2.24, 2.45) is 0 Å². The number of hydrogen-bond acceptors (Lipinski definition) is 3. The molecule has 0 radical (unpaired) electrons. The minimum atomic E-state index is -0.681. The summed E-state index contributed by atoms with van der Waals surface area (Å²) in [5.41, 5.74) is 4.51. The highest BCUT2D eigenvalue weighted by molar-refractivity contribution is 6.03. The molecule has 5 nitrogen and oxygen atoms in total. The third-order valence-corrected chi connectivity index (χ3v) is 5.91. The molecule has 0 aliphatic carbocycles. The van der Waals surface area contributed by atoms with Crippen LogP contribution in [0.1, 0.15) is 54.9 Å². The Morgan fingerprint density at radius 3 is 2.45 bits per heavy atom. The molecule has 5 heteroatoms. The molecule has 0 saturated carbocycles. The molecule has 0 aromatic heterocycles. The van der Waals surface area contributed by atoms with Crippen LogP contribution in [0.3, 0.4) is 0 Å². The molecule has 2 aromatic rings. The molecular weight excluding hydrogens is 364 g/mol. The van der Waals surface area contributed by atoms with Gasteiger partial charge in [0.15, 0.2) is 0 Å². The molecule has 2 aromatic carbocycles. The van der Waals surface area contributed by atoms with E-state index in [0.717, 1.165) is 5.56 Å². The van der Waals surface area contributed by atoms with Gasteiger partial charge in [-0.2, -0.15) is 0 Å². The van der Waals surface area contributed by atoms with E-state index in [1.54, 1.807) is 0 Å². The minimum absolute atomic E-state index is 0.0380. The lowest BCUT2D eigenvalue weighted by atomic mass is 9.72. The Balaban J connectivity index is 1.63. The zero-order valence-corrected chi connectivity index (χ0v) is 17.3. The third-order valence-electron chi connectivity index (χ3n) is 5.91. The fraction of sp³-hybridized carbons (Fsp3) is 0.375. The van der Waals surface area contributed by atoms with Crippen molar-refractivity contribution in [3.05, 3.63) is 64.7 Å². The number of carbonyl (C=O) groups is 3. The van der Waals surface area contributed by atoms with Crippen molar-refractivity contribution in [1.82, 2.24) is 5.32 Å². The van der Waals surface area contributed by atoms with Crippen LogP contribution in [0, 0.1) is 13.8 Å². The summed E-state index contributed by atoms with van der Waals surface area (Å²) in [6.45, 7) is 6.08. The van der Waals surface area contributed by atoms with Gasteiger partial charge in [0.25, 0.3) is 0 Å². The van der Waals surface area contributed by atoms with E-state index in [1.165, 1.54) is 16.7 Å². The van der Waals surface area contributed by atoms with Crippen LogP contribution in [0.15, 0.2) is 42.5 Å². The van der Waals surface area contributed by atoms with Gasteiger partial charge in [-0.3, -0.25) is 19.7 Å². The lowest BCUT2D eigenvalue weighted by molar-refractivity contribution is -0.138. The van der Waals surface area contributed by atoms with Gasteiger partial charge in [0.1, 0.15) is 0 Å². The molecule has 0 bridgehead atoms. The van der Waals surface area contributed by atoms with Gasteiger partial charge in [0.2, 0.25) is 17.7 Å². The van der Waals surface area contributed by atoms with Crippen LogP contribution >= 0.6 is 0 Å². The number of carbonyl (C=O) groups excluding carboxylic acids is 3. The second-order valence-electron chi connectivity index (χ2n) is 7.87. The summed E-state index contributed by atoms with van der Waals surface area (Å²) in [6, 6.07) is 13.7.